The molecule has 1 aliphatic carbocycles. The zero-order valence-corrected chi connectivity index (χ0v) is 15.9. The van der Waals surface area contributed by atoms with E-state index in [-0.39, 0.29) is 12.0 Å². The number of fused-ring (bicyclic) bond motifs is 2. The van der Waals surface area contributed by atoms with Crippen LogP contribution in [0.15, 0.2) is 28.8 Å². The Morgan fingerprint density at radius 3 is 2.70 bits per heavy atom. The summed E-state index contributed by atoms with van der Waals surface area (Å²) >= 11 is 0. The van der Waals surface area contributed by atoms with Crippen LogP contribution in [0, 0.1) is 19.8 Å². The average molecular weight is 363 g/mol. The van der Waals surface area contributed by atoms with Gasteiger partial charge in [0.15, 0.2) is 0 Å². The minimum Gasteiger partial charge on any atom is -0.391 e. The Labute approximate surface area is 159 Å². The topological polar surface area (TPSA) is 62.4 Å². The fraction of sp³-hybridized carbons (Fsp3) is 0.455. The Balaban J connectivity index is 1.42. The smallest absolute Gasteiger partial charge is 0.137 e. The maximum Gasteiger partial charge on any atom is 0.137 e. The van der Waals surface area contributed by atoms with Gasteiger partial charge in [0.2, 0.25) is 0 Å². The third-order valence-electron chi connectivity index (χ3n) is 6.09. The molecule has 5 nitrogen and oxygen atoms in total. The summed E-state index contributed by atoms with van der Waals surface area (Å²) in [6.07, 6.45) is 3.93. The number of benzene rings is 1. The van der Waals surface area contributed by atoms with Crippen molar-refractivity contribution in [3.05, 3.63) is 52.4 Å². The number of hydrogen-bond donors (Lipinski definition) is 1. The van der Waals surface area contributed by atoms with Gasteiger partial charge in [-0.2, -0.15) is 0 Å². The molecule has 1 N–H and O–H groups in total. The number of aliphatic hydroxyl groups excluding tert-OH is 1. The molecule has 0 spiro atoms. The Morgan fingerprint density at radius 1 is 1.11 bits per heavy atom. The van der Waals surface area contributed by atoms with Gasteiger partial charge in [0.1, 0.15) is 11.6 Å². The standard InChI is InChI=1S/C22H25N3O2/c1-13-6-22(23-20-10-16-5-3-4-15(16)9-19(13)20)25-11-17(21(26)12-25)8-18-7-14(2)24-27-18/h6-7,9-10,17,21,26H,3-5,8,11-12H2,1-2H3/t17-,21+/m1/s1. The second-order valence-electron chi connectivity index (χ2n) is 8.16. The summed E-state index contributed by atoms with van der Waals surface area (Å²) < 4.78 is 5.34. The predicted octanol–water partition coefficient (Wildman–Crippen LogP) is 3.37. The number of aryl methyl sites for hydroxylation is 4. The molecular weight excluding hydrogens is 338 g/mol. The normalized spacial score (nSPS) is 22.0. The molecule has 3 heterocycles. The molecule has 0 amide bonds. The molecule has 140 valence electrons. The first-order chi connectivity index (χ1) is 13.1. The van der Waals surface area contributed by atoms with Gasteiger partial charge in [0.05, 0.1) is 17.3 Å². The van der Waals surface area contributed by atoms with Gasteiger partial charge in [-0.25, -0.2) is 4.98 Å². The monoisotopic (exact) mass is 363 g/mol. The number of nitrogens with zero attached hydrogens (tertiary/aromatic N) is 3. The van der Waals surface area contributed by atoms with E-state index in [4.69, 9.17) is 9.51 Å². The number of rotatable bonds is 3. The summed E-state index contributed by atoms with van der Waals surface area (Å²) in [7, 11) is 0. The minimum absolute atomic E-state index is 0.134. The van der Waals surface area contributed by atoms with E-state index in [2.05, 4.69) is 35.2 Å². The highest BCUT2D eigenvalue weighted by molar-refractivity contribution is 5.85. The fourth-order valence-electron chi connectivity index (χ4n) is 4.62. The van der Waals surface area contributed by atoms with Crippen LogP contribution in [-0.4, -0.2) is 34.4 Å². The fourth-order valence-corrected chi connectivity index (χ4v) is 4.62. The first kappa shape index (κ1) is 16.8. The minimum atomic E-state index is -0.381. The van der Waals surface area contributed by atoms with Crippen LogP contribution < -0.4 is 4.90 Å². The van der Waals surface area contributed by atoms with Crippen molar-refractivity contribution in [3.8, 4) is 0 Å². The van der Waals surface area contributed by atoms with Crippen LogP contribution in [0.3, 0.4) is 0 Å². The van der Waals surface area contributed by atoms with E-state index in [0.29, 0.717) is 13.0 Å². The second kappa shape index (κ2) is 6.34. The van der Waals surface area contributed by atoms with Crippen LogP contribution in [0.4, 0.5) is 5.82 Å². The summed E-state index contributed by atoms with van der Waals surface area (Å²) in [5, 5.41) is 15.8. The third kappa shape index (κ3) is 3.00. The molecule has 5 rings (SSSR count). The second-order valence-corrected chi connectivity index (χ2v) is 8.16. The SMILES string of the molecule is Cc1cc(C[C@@H]2CN(c3cc(C)c4cc5c(cc4n3)CCC5)C[C@@H]2O)on1. The molecule has 2 aliphatic rings. The summed E-state index contributed by atoms with van der Waals surface area (Å²) in [4.78, 5) is 7.16. The number of aromatic nitrogens is 2. The van der Waals surface area contributed by atoms with Gasteiger partial charge in [-0.3, -0.25) is 0 Å². The molecule has 0 unspecified atom stereocenters. The van der Waals surface area contributed by atoms with E-state index >= 15 is 0 Å². The average Bonchev–Trinajstić information content (AvgIpc) is 3.34. The van der Waals surface area contributed by atoms with Crippen molar-refractivity contribution in [1.29, 1.82) is 0 Å². The molecule has 1 saturated heterocycles. The van der Waals surface area contributed by atoms with Crippen LogP contribution in [0.1, 0.15) is 34.6 Å². The maximum absolute atomic E-state index is 10.6. The third-order valence-corrected chi connectivity index (χ3v) is 6.09. The Morgan fingerprint density at radius 2 is 1.93 bits per heavy atom. The lowest BCUT2D eigenvalue weighted by Crippen LogP contribution is -2.22. The van der Waals surface area contributed by atoms with Crippen molar-refractivity contribution in [2.75, 3.05) is 18.0 Å². The highest BCUT2D eigenvalue weighted by Gasteiger charge is 2.33. The van der Waals surface area contributed by atoms with E-state index < -0.39 is 0 Å². The summed E-state index contributed by atoms with van der Waals surface area (Å²) in [5.74, 6) is 1.94. The number of hydrogen-bond acceptors (Lipinski definition) is 5. The van der Waals surface area contributed by atoms with Crippen LogP contribution in [-0.2, 0) is 19.3 Å². The number of aliphatic hydroxyl groups is 1. The Kier molecular flexibility index (Phi) is 3.93. The van der Waals surface area contributed by atoms with E-state index in [1.807, 2.05) is 13.0 Å². The molecule has 3 aromatic rings. The molecule has 1 fully saturated rings. The number of β-amino-alcohol motifs (C(OH)–C–C–N with tert-alkyl or cyclic N) is 1. The zero-order chi connectivity index (χ0) is 18.5. The van der Waals surface area contributed by atoms with E-state index in [9.17, 15) is 5.11 Å². The van der Waals surface area contributed by atoms with Crippen molar-refractivity contribution in [3.63, 3.8) is 0 Å². The Bertz CT molecular complexity index is 1010. The lowest BCUT2D eigenvalue weighted by Gasteiger charge is -2.19. The molecule has 0 radical (unpaired) electrons. The van der Waals surface area contributed by atoms with Crippen LogP contribution in [0.5, 0.6) is 0 Å². The van der Waals surface area contributed by atoms with Crippen molar-refractivity contribution in [2.24, 2.45) is 5.92 Å². The van der Waals surface area contributed by atoms with Gasteiger partial charge in [0.25, 0.3) is 0 Å². The van der Waals surface area contributed by atoms with Gasteiger partial charge < -0.3 is 14.5 Å². The number of anilines is 1. The molecule has 0 saturated carbocycles. The lowest BCUT2D eigenvalue weighted by atomic mass is 10.0. The van der Waals surface area contributed by atoms with Crippen LogP contribution in [0.25, 0.3) is 10.9 Å². The first-order valence-corrected chi connectivity index (χ1v) is 9.85. The summed E-state index contributed by atoms with van der Waals surface area (Å²) in [5.41, 5.74) is 6.15. The quantitative estimate of drug-likeness (QED) is 0.773. The molecule has 2 aromatic heterocycles. The van der Waals surface area contributed by atoms with E-state index in [0.717, 1.165) is 35.8 Å². The molecule has 5 heteroatoms. The largest absolute Gasteiger partial charge is 0.391 e. The molecule has 2 atom stereocenters. The van der Waals surface area contributed by atoms with Crippen molar-refractivity contribution in [2.45, 2.75) is 45.6 Å². The summed E-state index contributed by atoms with van der Waals surface area (Å²) in [6, 6.07) is 8.72. The molecular formula is C22H25N3O2. The van der Waals surface area contributed by atoms with Gasteiger partial charge in [0, 0.05) is 36.9 Å². The van der Waals surface area contributed by atoms with Gasteiger partial charge in [-0.05, 0) is 68.0 Å². The highest BCUT2D eigenvalue weighted by Crippen LogP contribution is 2.32. The Hall–Kier alpha value is -2.40. The van der Waals surface area contributed by atoms with Gasteiger partial charge in [-0.15, -0.1) is 0 Å². The number of pyridine rings is 1. The van der Waals surface area contributed by atoms with E-state index in [1.165, 1.54) is 34.9 Å². The van der Waals surface area contributed by atoms with Crippen molar-refractivity contribution in [1.82, 2.24) is 10.1 Å². The van der Waals surface area contributed by atoms with Crippen LogP contribution in [0.2, 0.25) is 0 Å². The molecule has 1 aliphatic heterocycles. The van der Waals surface area contributed by atoms with E-state index in [1.54, 1.807) is 0 Å². The van der Waals surface area contributed by atoms with Gasteiger partial charge >= 0.3 is 0 Å². The molecule has 1 aromatic carbocycles. The maximum atomic E-state index is 10.6. The lowest BCUT2D eigenvalue weighted by molar-refractivity contribution is 0.143. The van der Waals surface area contributed by atoms with Gasteiger partial charge in [-0.1, -0.05) is 5.16 Å². The van der Waals surface area contributed by atoms with Crippen molar-refractivity contribution >= 4 is 16.7 Å². The zero-order valence-electron chi connectivity index (χ0n) is 15.9. The van der Waals surface area contributed by atoms with Crippen molar-refractivity contribution < 1.29 is 9.63 Å². The molecule has 27 heavy (non-hydrogen) atoms. The highest BCUT2D eigenvalue weighted by atomic mass is 16.5. The summed E-state index contributed by atoms with van der Waals surface area (Å²) in [6.45, 7) is 5.48. The molecule has 0 bridgehead atoms. The van der Waals surface area contributed by atoms with Crippen LogP contribution >= 0.6 is 0 Å². The first-order valence-electron chi connectivity index (χ1n) is 9.85. The predicted molar refractivity (Wildman–Crippen MR) is 105 cm³/mol.